The molecule has 0 aliphatic rings. The summed E-state index contributed by atoms with van der Waals surface area (Å²) in [6.45, 7) is 6.17. The number of benzene rings is 1. The molecule has 0 aliphatic carbocycles. The number of thiazole rings is 1. The second kappa shape index (κ2) is 7.03. The maximum absolute atomic E-state index is 12.9. The van der Waals surface area contributed by atoms with Gasteiger partial charge in [-0.3, -0.25) is 4.79 Å². The van der Waals surface area contributed by atoms with Crippen molar-refractivity contribution in [2.75, 3.05) is 6.54 Å². The fraction of sp³-hybridized carbons (Fsp3) is 0.412. The first kappa shape index (κ1) is 16.6. The molecule has 4 nitrogen and oxygen atoms in total. The van der Waals surface area contributed by atoms with E-state index in [2.05, 4.69) is 4.98 Å². The molecule has 0 saturated heterocycles. The number of hydrogen-bond acceptors (Lipinski definition) is 4. The first-order valence-corrected chi connectivity index (χ1v) is 8.26. The van der Waals surface area contributed by atoms with Crippen LogP contribution in [-0.2, 0) is 13.0 Å². The van der Waals surface area contributed by atoms with Crippen molar-refractivity contribution in [1.82, 2.24) is 9.88 Å². The predicted molar refractivity (Wildman–Crippen MR) is 89.0 cm³/mol. The second-order valence-corrected chi connectivity index (χ2v) is 6.80. The summed E-state index contributed by atoms with van der Waals surface area (Å²) >= 11 is 1.36. The van der Waals surface area contributed by atoms with Crippen molar-refractivity contribution in [2.45, 2.75) is 39.3 Å². The van der Waals surface area contributed by atoms with Crippen LogP contribution < -0.4 is 0 Å². The molecular formula is C17H22N2O2S. The summed E-state index contributed by atoms with van der Waals surface area (Å²) in [5.41, 5.74) is 2.63. The Morgan fingerprint density at radius 2 is 2.00 bits per heavy atom. The van der Waals surface area contributed by atoms with Crippen LogP contribution in [0.15, 0.2) is 35.8 Å². The third-order valence-corrected chi connectivity index (χ3v) is 4.11. The summed E-state index contributed by atoms with van der Waals surface area (Å²) in [5, 5.41) is 10.1. The van der Waals surface area contributed by atoms with Crippen molar-refractivity contribution < 1.29 is 9.90 Å². The van der Waals surface area contributed by atoms with Crippen LogP contribution in [0, 0.1) is 0 Å². The van der Waals surface area contributed by atoms with Gasteiger partial charge in [-0.15, -0.1) is 11.3 Å². The molecule has 0 aliphatic heterocycles. The Balaban J connectivity index is 2.26. The van der Waals surface area contributed by atoms with E-state index in [0.717, 1.165) is 17.7 Å². The lowest BCUT2D eigenvalue weighted by atomic mass is 10.1. The van der Waals surface area contributed by atoms with E-state index in [1.54, 1.807) is 24.3 Å². The smallest absolute Gasteiger partial charge is 0.266 e. The highest BCUT2D eigenvalue weighted by molar-refractivity contribution is 7.11. The zero-order valence-electron chi connectivity index (χ0n) is 13.2. The minimum absolute atomic E-state index is 0.0645. The van der Waals surface area contributed by atoms with Gasteiger partial charge in [-0.25, -0.2) is 4.98 Å². The molecule has 0 radical (unpaired) electrons. The van der Waals surface area contributed by atoms with Gasteiger partial charge < -0.3 is 10.0 Å². The molecule has 2 rings (SSSR count). The molecule has 1 aromatic carbocycles. The molecule has 0 atom stereocenters. The van der Waals surface area contributed by atoms with Crippen molar-refractivity contribution in [3.05, 3.63) is 52.0 Å². The normalized spacial score (nSPS) is 11.5. The Kier molecular flexibility index (Phi) is 5.32. The average Bonchev–Trinajstić information content (AvgIpc) is 2.94. The maximum atomic E-state index is 12.9. The molecule has 118 valence electrons. The third-order valence-electron chi connectivity index (χ3n) is 3.25. The molecule has 0 spiro atoms. The Morgan fingerprint density at radius 1 is 1.32 bits per heavy atom. The van der Waals surface area contributed by atoms with Crippen LogP contribution >= 0.6 is 11.3 Å². The number of aryl methyl sites for hydroxylation is 1. The molecule has 0 saturated carbocycles. The van der Waals surface area contributed by atoms with Crippen LogP contribution in [0.5, 0.6) is 0 Å². The summed E-state index contributed by atoms with van der Waals surface area (Å²) < 4.78 is 0. The zero-order valence-corrected chi connectivity index (χ0v) is 14.1. The van der Waals surface area contributed by atoms with Crippen molar-refractivity contribution in [3.8, 4) is 0 Å². The molecule has 1 aromatic heterocycles. The highest BCUT2D eigenvalue weighted by atomic mass is 32.1. The van der Waals surface area contributed by atoms with Gasteiger partial charge in [0.05, 0.1) is 16.8 Å². The number of aliphatic hydroxyl groups is 1. The third kappa shape index (κ3) is 4.39. The average molecular weight is 318 g/mol. The fourth-order valence-corrected chi connectivity index (χ4v) is 3.16. The summed E-state index contributed by atoms with van der Waals surface area (Å²) in [7, 11) is 0. The van der Waals surface area contributed by atoms with Crippen LogP contribution in [0.25, 0.3) is 0 Å². The van der Waals surface area contributed by atoms with E-state index in [1.165, 1.54) is 11.3 Å². The number of aromatic nitrogens is 1. The summed E-state index contributed by atoms with van der Waals surface area (Å²) in [6.07, 6.45) is 0.728. The Labute approximate surface area is 135 Å². The molecule has 0 unspecified atom stereocenters. The highest BCUT2D eigenvalue weighted by Gasteiger charge is 2.26. The van der Waals surface area contributed by atoms with E-state index in [-0.39, 0.29) is 12.5 Å². The van der Waals surface area contributed by atoms with E-state index in [4.69, 9.17) is 0 Å². The minimum atomic E-state index is -0.943. The molecule has 1 heterocycles. The molecule has 1 N–H and O–H groups in total. The van der Waals surface area contributed by atoms with Gasteiger partial charge in [0.15, 0.2) is 0 Å². The second-order valence-electron chi connectivity index (χ2n) is 5.94. The monoisotopic (exact) mass is 318 g/mol. The van der Waals surface area contributed by atoms with Crippen molar-refractivity contribution in [2.24, 2.45) is 0 Å². The molecular weight excluding hydrogens is 296 g/mol. The van der Waals surface area contributed by atoms with E-state index in [9.17, 15) is 9.90 Å². The number of amides is 1. The Hall–Kier alpha value is -1.72. The highest BCUT2D eigenvalue weighted by Crippen LogP contribution is 2.20. The van der Waals surface area contributed by atoms with Gasteiger partial charge >= 0.3 is 0 Å². The first-order chi connectivity index (χ1) is 10.4. The quantitative estimate of drug-likeness (QED) is 0.890. The predicted octanol–water partition coefficient (Wildman–Crippen LogP) is 3.12. The molecule has 1 amide bonds. The van der Waals surface area contributed by atoms with Gasteiger partial charge in [0.25, 0.3) is 5.91 Å². The number of carbonyl (C=O) groups is 1. The van der Waals surface area contributed by atoms with E-state index in [1.807, 2.05) is 37.3 Å². The van der Waals surface area contributed by atoms with Crippen molar-refractivity contribution in [3.63, 3.8) is 0 Å². The molecule has 0 bridgehead atoms. The minimum Gasteiger partial charge on any atom is -0.389 e. The number of carbonyl (C=O) groups excluding carboxylic acids is 1. The Bertz CT molecular complexity index is 617. The lowest BCUT2D eigenvalue weighted by Crippen LogP contribution is -2.41. The van der Waals surface area contributed by atoms with Gasteiger partial charge in [0, 0.05) is 13.1 Å². The van der Waals surface area contributed by atoms with Gasteiger partial charge in [0.1, 0.15) is 4.88 Å². The maximum Gasteiger partial charge on any atom is 0.266 e. The standard InChI is InChI=1S/C17H22N2O2S/c1-4-14-15(22-12-18-14)16(20)19(11-17(2,3)21)10-13-8-6-5-7-9-13/h5-9,12,21H,4,10-11H2,1-3H3. The SMILES string of the molecule is CCc1ncsc1C(=O)N(Cc1ccccc1)CC(C)(C)O. The molecule has 5 heteroatoms. The van der Waals surface area contributed by atoms with Crippen LogP contribution in [0.3, 0.4) is 0 Å². The summed E-state index contributed by atoms with van der Waals surface area (Å²) in [5.74, 6) is -0.0645. The zero-order chi connectivity index (χ0) is 16.2. The lowest BCUT2D eigenvalue weighted by Gasteiger charge is -2.29. The summed E-state index contributed by atoms with van der Waals surface area (Å²) in [6, 6.07) is 9.82. The van der Waals surface area contributed by atoms with Crippen LogP contribution in [0.2, 0.25) is 0 Å². The van der Waals surface area contributed by atoms with Crippen LogP contribution in [-0.4, -0.2) is 33.0 Å². The summed E-state index contributed by atoms with van der Waals surface area (Å²) in [4.78, 5) is 19.5. The van der Waals surface area contributed by atoms with Crippen molar-refractivity contribution >= 4 is 17.2 Å². The van der Waals surface area contributed by atoms with Gasteiger partial charge in [-0.2, -0.15) is 0 Å². The molecule has 2 aromatic rings. The van der Waals surface area contributed by atoms with Crippen molar-refractivity contribution in [1.29, 1.82) is 0 Å². The van der Waals surface area contributed by atoms with Gasteiger partial charge in [-0.05, 0) is 25.8 Å². The van der Waals surface area contributed by atoms with Gasteiger partial charge in [-0.1, -0.05) is 37.3 Å². The lowest BCUT2D eigenvalue weighted by molar-refractivity contribution is 0.0282. The number of rotatable bonds is 6. The fourth-order valence-electron chi connectivity index (χ4n) is 2.31. The molecule has 0 fully saturated rings. The van der Waals surface area contributed by atoms with E-state index < -0.39 is 5.60 Å². The van der Waals surface area contributed by atoms with Gasteiger partial charge in [0.2, 0.25) is 0 Å². The van der Waals surface area contributed by atoms with Crippen LogP contribution in [0.4, 0.5) is 0 Å². The van der Waals surface area contributed by atoms with E-state index in [0.29, 0.717) is 11.4 Å². The largest absolute Gasteiger partial charge is 0.389 e. The number of hydrogen-bond donors (Lipinski definition) is 1. The Morgan fingerprint density at radius 3 is 2.59 bits per heavy atom. The van der Waals surface area contributed by atoms with E-state index >= 15 is 0 Å². The first-order valence-electron chi connectivity index (χ1n) is 7.38. The number of nitrogens with zero attached hydrogens (tertiary/aromatic N) is 2. The topological polar surface area (TPSA) is 53.4 Å². The van der Waals surface area contributed by atoms with Crippen LogP contribution in [0.1, 0.15) is 41.7 Å². The molecule has 22 heavy (non-hydrogen) atoms.